The minimum atomic E-state index is -0.247. The third-order valence-corrected chi connectivity index (χ3v) is 1.06. The van der Waals surface area contributed by atoms with Crippen LogP contribution in [0.3, 0.4) is 0 Å². The second-order valence-corrected chi connectivity index (χ2v) is 1.73. The first-order chi connectivity index (χ1) is 3.93. The predicted octanol–water partition coefficient (Wildman–Crippen LogP) is 0.0323. The highest BCUT2D eigenvalue weighted by atomic mass is 16.7. The van der Waals surface area contributed by atoms with Crippen molar-refractivity contribution in [3.8, 4) is 0 Å². The van der Waals surface area contributed by atoms with Crippen molar-refractivity contribution in [3.63, 3.8) is 0 Å². The summed E-state index contributed by atoms with van der Waals surface area (Å²) >= 11 is 0. The number of hydrogen-bond acceptors (Lipinski definition) is 2. The highest BCUT2D eigenvalue weighted by Gasteiger charge is 2.10. The van der Waals surface area contributed by atoms with E-state index < -0.39 is 0 Å². The third kappa shape index (κ3) is 1.43. The molecule has 1 rings (SSSR count). The smallest absolute Gasteiger partial charge is 0.171 e. The van der Waals surface area contributed by atoms with Crippen LogP contribution in [-0.2, 0) is 9.47 Å². The Labute approximate surface area is 48.8 Å². The quantitative estimate of drug-likeness (QED) is 0.485. The molecule has 0 spiro atoms. The lowest BCUT2D eigenvalue weighted by atomic mass is 10.4. The van der Waals surface area contributed by atoms with Crippen LogP contribution in [-0.4, -0.2) is 26.0 Å². The Bertz CT molecular complexity index is 61.4. The van der Waals surface area contributed by atoms with Gasteiger partial charge in [0.25, 0.3) is 0 Å². The fourth-order valence-corrected chi connectivity index (χ4v) is 0.654. The van der Waals surface area contributed by atoms with Crippen LogP contribution in [0.4, 0.5) is 0 Å². The van der Waals surface area contributed by atoms with E-state index in [1.807, 2.05) is 0 Å². The lowest BCUT2D eigenvalue weighted by Crippen LogP contribution is -2.28. The maximum Gasteiger partial charge on any atom is 0.171 e. The van der Waals surface area contributed by atoms with Gasteiger partial charge < -0.3 is 9.47 Å². The zero-order valence-electron chi connectivity index (χ0n) is 4.72. The maximum absolute atomic E-state index is 6.85. The molecule has 0 aromatic rings. The standard InChI is InChI=1S/C5H10NO2/c6-4-5-7-2-1-3-8-5/h5-6H,1-4H2. The first-order valence-corrected chi connectivity index (χ1v) is 2.81. The summed E-state index contributed by atoms with van der Waals surface area (Å²) in [4.78, 5) is 0. The Kier molecular flexibility index (Phi) is 2.27. The van der Waals surface area contributed by atoms with Crippen LogP contribution < -0.4 is 5.73 Å². The Hall–Kier alpha value is -0.120. The van der Waals surface area contributed by atoms with Crippen LogP contribution in [0, 0.1) is 0 Å². The molecule has 0 amide bonds. The second kappa shape index (κ2) is 3.02. The molecule has 1 saturated heterocycles. The molecule has 8 heavy (non-hydrogen) atoms. The lowest BCUT2D eigenvalue weighted by molar-refractivity contribution is -0.172. The van der Waals surface area contributed by atoms with Crippen molar-refractivity contribution in [1.29, 1.82) is 0 Å². The normalized spacial score (nSPS) is 23.6. The van der Waals surface area contributed by atoms with E-state index in [1.54, 1.807) is 0 Å². The summed E-state index contributed by atoms with van der Waals surface area (Å²) < 4.78 is 10.0. The van der Waals surface area contributed by atoms with Crippen LogP contribution in [0.25, 0.3) is 0 Å². The molecule has 1 aliphatic rings. The first-order valence-electron chi connectivity index (χ1n) is 2.81. The summed E-state index contributed by atoms with van der Waals surface area (Å²) in [5.41, 5.74) is 6.85. The van der Waals surface area contributed by atoms with Crippen molar-refractivity contribution in [1.82, 2.24) is 5.73 Å². The van der Waals surface area contributed by atoms with Gasteiger partial charge in [0.15, 0.2) is 6.29 Å². The fraction of sp³-hybridized carbons (Fsp3) is 1.00. The van der Waals surface area contributed by atoms with E-state index in [2.05, 4.69) is 0 Å². The van der Waals surface area contributed by atoms with Gasteiger partial charge in [-0.15, -0.1) is 0 Å². The molecule has 0 bridgehead atoms. The van der Waals surface area contributed by atoms with Crippen LogP contribution in [0.2, 0.25) is 0 Å². The number of rotatable bonds is 1. The monoisotopic (exact) mass is 116 g/mol. The number of hydrogen-bond donors (Lipinski definition) is 0. The number of nitrogens with one attached hydrogen (secondary N) is 1. The van der Waals surface area contributed by atoms with E-state index in [4.69, 9.17) is 15.2 Å². The Balaban J connectivity index is 2.13. The minimum Gasteiger partial charge on any atom is -0.351 e. The van der Waals surface area contributed by atoms with Crippen molar-refractivity contribution in [2.45, 2.75) is 12.7 Å². The van der Waals surface area contributed by atoms with E-state index >= 15 is 0 Å². The molecular weight excluding hydrogens is 106 g/mol. The SMILES string of the molecule is [NH]CC1OCCCO1. The van der Waals surface area contributed by atoms with Gasteiger partial charge in [0.2, 0.25) is 0 Å². The molecule has 1 aliphatic heterocycles. The maximum atomic E-state index is 6.85. The fourth-order valence-electron chi connectivity index (χ4n) is 0.654. The zero-order valence-corrected chi connectivity index (χ0v) is 4.72. The van der Waals surface area contributed by atoms with Crippen molar-refractivity contribution >= 4 is 0 Å². The molecule has 1 radical (unpaired) electrons. The molecule has 0 atom stereocenters. The molecule has 3 heteroatoms. The van der Waals surface area contributed by atoms with Crippen molar-refractivity contribution < 1.29 is 9.47 Å². The van der Waals surface area contributed by atoms with Crippen molar-refractivity contribution in [3.05, 3.63) is 0 Å². The van der Waals surface area contributed by atoms with Gasteiger partial charge >= 0.3 is 0 Å². The molecule has 47 valence electrons. The molecule has 0 aliphatic carbocycles. The van der Waals surface area contributed by atoms with E-state index in [9.17, 15) is 0 Å². The van der Waals surface area contributed by atoms with Crippen molar-refractivity contribution in [2.24, 2.45) is 0 Å². The van der Waals surface area contributed by atoms with Gasteiger partial charge in [-0.3, -0.25) is 5.73 Å². The summed E-state index contributed by atoms with van der Waals surface area (Å²) in [7, 11) is 0. The van der Waals surface area contributed by atoms with Crippen LogP contribution >= 0.6 is 0 Å². The molecule has 0 aromatic heterocycles. The topological polar surface area (TPSA) is 42.3 Å². The average molecular weight is 116 g/mol. The average Bonchev–Trinajstić information content (AvgIpc) is 1.90. The summed E-state index contributed by atoms with van der Waals surface area (Å²) in [6.45, 7) is 1.73. The van der Waals surface area contributed by atoms with E-state index in [1.165, 1.54) is 0 Å². The molecule has 0 saturated carbocycles. The second-order valence-electron chi connectivity index (χ2n) is 1.73. The van der Waals surface area contributed by atoms with E-state index in [-0.39, 0.29) is 12.8 Å². The first kappa shape index (κ1) is 6.01. The van der Waals surface area contributed by atoms with Gasteiger partial charge in [0.05, 0.1) is 19.8 Å². The van der Waals surface area contributed by atoms with Crippen LogP contribution in [0.15, 0.2) is 0 Å². The van der Waals surface area contributed by atoms with E-state index in [0.717, 1.165) is 19.6 Å². The third-order valence-electron chi connectivity index (χ3n) is 1.06. The van der Waals surface area contributed by atoms with Gasteiger partial charge in [-0.2, -0.15) is 0 Å². The van der Waals surface area contributed by atoms with Gasteiger partial charge in [-0.1, -0.05) is 0 Å². The van der Waals surface area contributed by atoms with Gasteiger partial charge in [0, 0.05) is 0 Å². The summed E-state index contributed by atoms with van der Waals surface area (Å²) in [6.07, 6.45) is 0.722. The van der Waals surface area contributed by atoms with E-state index in [0.29, 0.717) is 0 Å². The summed E-state index contributed by atoms with van der Waals surface area (Å²) in [6, 6.07) is 0. The molecule has 1 heterocycles. The zero-order chi connectivity index (χ0) is 5.82. The number of ether oxygens (including phenoxy) is 2. The molecule has 0 aromatic carbocycles. The van der Waals surface area contributed by atoms with Gasteiger partial charge in [-0.25, -0.2) is 0 Å². The minimum absolute atomic E-state index is 0.222. The Morgan fingerprint density at radius 3 is 2.38 bits per heavy atom. The molecule has 1 N–H and O–H groups in total. The van der Waals surface area contributed by atoms with Crippen molar-refractivity contribution in [2.75, 3.05) is 19.8 Å². The lowest BCUT2D eigenvalue weighted by Gasteiger charge is -2.20. The Morgan fingerprint density at radius 1 is 1.38 bits per heavy atom. The van der Waals surface area contributed by atoms with Gasteiger partial charge in [-0.05, 0) is 6.42 Å². The molecule has 3 nitrogen and oxygen atoms in total. The van der Waals surface area contributed by atoms with Crippen LogP contribution in [0.1, 0.15) is 6.42 Å². The Morgan fingerprint density at radius 2 is 2.00 bits per heavy atom. The summed E-state index contributed by atoms with van der Waals surface area (Å²) in [5, 5.41) is 0. The molecular formula is C5H10NO2. The highest BCUT2D eigenvalue weighted by Crippen LogP contribution is 2.01. The molecule has 0 unspecified atom stereocenters. The summed E-state index contributed by atoms with van der Waals surface area (Å²) in [5.74, 6) is 0. The van der Waals surface area contributed by atoms with Crippen LogP contribution in [0.5, 0.6) is 0 Å². The predicted molar refractivity (Wildman–Crippen MR) is 28.3 cm³/mol. The molecule has 1 fully saturated rings. The van der Waals surface area contributed by atoms with Gasteiger partial charge in [0.1, 0.15) is 0 Å². The highest BCUT2D eigenvalue weighted by molar-refractivity contribution is 4.49. The largest absolute Gasteiger partial charge is 0.351 e.